The van der Waals surface area contributed by atoms with E-state index in [1.807, 2.05) is 0 Å². The van der Waals surface area contributed by atoms with Gasteiger partial charge in [-0.25, -0.2) is 13.2 Å². The number of alkyl halides is 3. The molecule has 0 aromatic heterocycles. The normalized spacial score (nSPS) is 19.4. The van der Waals surface area contributed by atoms with E-state index in [2.05, 4.69) is 0 Å². The summed E-state index contributed by atoms with van der Waals surface area (Å²) in [6.07, 6.45) is -5.35. The molecule has 1 heterocycles. The first-order valence-corrected chi connectivity index (χ1v) is 9.26. The summed E-state index contributed by atoms with van der Waals surface area (Å²) in [5.41, 5.74) is -0.545. The van der Waals surface area contributed by atoms with Crippen LogP contribution in [0.1, 0.15) is 23.7 Å². The number of hydrogen-bond donors (Lipinski definition) is 0. The zero-order chi connectivity index (χ0) is 18.8. The van der Waals surface area contributed by atoms with Gasteiger partial charge in [0.1, 0.15) is 0 Å². The fourth-order valence-corrected chi connectivity index (χ4v) is 4.35. The first kappa shape index (κ1) is 19.2. The van der Waals surface area contributed by atoms with Crippen molar-refractivity contribution in [2.75, 3.05) is 23.0 Å². The predicted molar refractivity (Wildman–Crippen MR) is 83.0 cm³/mol. The number of amides is 1. The van der Waals surface area contributed by atoms with Crippen LogP contribution in [0.2, 0.25) is 0 Å². The third kappa shape index (κ3) is 4.30. The number of nitrogens with zero attached hydrogens (tertiary/aromatic N) is 1. The molecule has 0 saturated carbocycles. The number of carbonyl (C=O) groups is 2. The van der Waals surface area contributed by atoms with Gasteiger partial charge in [0.15, 0.2) is 9.84 Å². The van der Waals surface area contributed by atoms with Crippen LogP contribution in [0.5, 0.6) is 0 Å². The minimum absolute atomic E-state index is 0.00179. The largest absolute Gasteiger partial charge is 0.471 e. The van der Waals surface area contributed by atoms with Crippen LogP contribution in [0.15, 0.2) is 24.3 Å². The lowest BCUT2D eigenvalue weighted by molar-refractivity contribution is -0.170. The van der Waals surface area contributed by atoms with Crippen LogP contribution >= 0.6 is 0 Å². The second-order valence-corrected chi connectivity index (χ2v) is 7.70. The fraction of sp³-hybridized carbons (Fsp3) is 0.467. The fourth-order valence-electron chi connectivity index (χ4n) is 2.65. The van der Waals surface area contributed by atoms with Crippen molar-refractivity contribution in [3.8, 4) is 0 Å². The predicted octanol–water partition coefficient (Wildman–Crippen LogP) is 1.95. The average Bonchev–Trinajstić information content (AvgIpc) is 2.87. The lowest BCUT2D eigenvalue weighted by Gasteiger charge is -2.30. The van der Waals surface area contributed by atoms with Crippen LogP contribution in [0, 0.1) is 0 Å². The summed E-state index contributed by atoms with van der Waals surface area (Å²) in [5, 5.41) is 0. The zero-order valence-corrected chi connectivity index (χ0v) is 14.1. The maximum absolute atomic E-state index is 13.1. The molecular weight excluding hydrogens is 363 g/mol. The van der Waals surface area contributed by atoms with Crippen molar-refractivity contribution >= 4 is 27.4 Å². The number of rotatable bonds is 4. The number of hydrogen-bond acceptors (Lipinski definition) is 5. The van der Waals surface area contributed by atoms with Gasteiger partial charge in [0.2, 0.25) is 0 Å². The average molecular weight is 379 g/mol. The Kier molecular flexibility index (Phi) is 5.40. The molecule has 6 nitrogen and oxygen atoms in total. The maximum Gasteiger partial charge on any atom is 0.471 e. The minimum atomic E-state index is -5.21. The summed E-state index contributed by atoms with van der Waals surface area (Å²) in [6.45, 7) is 1.53. The van der Waals surface area contributed by atoms with Crippen LogP contribution in [-0.2, 0) is 19.4 Å². The van der Waals surface area contributed by atoms with Crippen LogP contribution in [0.4, 0.5) is 18.9 Å². The third-order valence-corrected chi connectivity index (χ3v) is 5.44. The summed E-state index contributed by atoms with van der Waals surface area (Å²) in [5.74, 6) is -4.02. The van der Waals surface area contributed by atoms with Crippen molar-refractivity contribution in [1.29, 1.82) is 0 Å². The molecule has 0 radical (unpaired) electrons. The smallest absolute Gasteiger partial charge is 0.462 e. The highest BCUT2D eigenvalue weighted by Crippen LogP contribution is 2.32. The van der Waals surface area contributed by atoms with E-state index in [0.717, 1.165) is 0 Å². The van der Waals surface area contributed by atoms with Gasteiger partial charge in [-0.15, -0.1) is 0 Å². The van der Waals surface area contributed by atoms with Crippen molar-refractivity contribution in [1.82, 2.24) is 0 Å². The first-order valence-electron chi connectivity index (χ1n) is 7.44. The molecule has 25 heavy (non-hydrogen) atoms. The Labute approximate surface area is 142 Å². The lowest BCUT2D eigenvalue weighted by atomic mass is 10.1. The highest BCUT2D eigenvalue weighted by atomic mass is 32.2. The number of esters is 1. The van der Waals surface area contributed by atoms with Crippen LogP contribution in [0.25, 0.3) is 0 Å². The molecular formula is C15H16F3NO5S. The second kappa shape index (κ2) is 7.03. The van der Waals surface area contributed by atoms with Gasteiger partial charge in [-0.1, -0.05) is 12.1 Å². The van der Waals surface area contributed by atoms with Crippen molar-refractivity contribution < 1.29 is 35.9 Å². The molecule has 1 amide bonds. The molecule has 0 N–H and O–H groups in total. The SMILES string of the molecule is CCOC(=O)c1ccccc1N(C(=O)C(F)(F)F)C1CCS(=O)(=O)C1. The van der Waals surface area contributed by atoms with Crippen molar-refractivity contribution in [3.05, 3.63) is 29.8 Å². The highest BCUT2D eigenvalue weighted by Gasteiger charge is 2.48. The molecule has 1 aromatic carbocycles. The molecule has 1 aliphatic rings. The molecule has 0 bridgehead atoms. The molecule has 1 unspecified atom stereocenters. The highest BCUT2D eigenvalue weighted by molar-refractivity contribution is 7.91. The summed E-state index contributed by atoms with van der Waals surface area (Å²) in [4.78, 5) is 24.3. The van der Waals surface area contributed by atoms with Crippen LogP contribution < -0.4 is 4.90 Å². The van der Waals surface area contributed by atoms with Crippen LogP contribution in [-0.4, -0.2) is 50.6 Å². The number of anilines is 1. The van der Waals surface area contributed by atoms with E-state index in [4.69, 9.17) is 4.74 Å². The first-order chi connectivity index (χ1) is 11.6. The molecule has 0 aliphatic carbocycles. The molecule has 1 aliphatic heterocycles. The van der Waals surface area contributed by atoms with E-state index in [-0.39, 0.29) is 30.0 Å². The van der Waals surface area contributed by atoms with Gasteiger partial charge in [-0.2, -0.15) is 13.2 Å². The number of para-hydroxylation sites is 1. The molecule has 0 spiro atoms. The molecule has 1 aromatic rings. The van der Waals surface area contributed by atoms with E-state index < -0.39 is 39.7 Å². The van der Waals surface area contributed by atoms with E-state index in [9.17, 15) is 31.2 Å². The molecule has 2 rings (SSSR count). The topological polar surface area (TPSA) is 80.8 Å². The number of benzene rings is 1. The van der Waals surface area contributed by atoms with Gasteiger partial charge >= 0.3 is 18.1 Å². The third-order valence-electron chi connectivity index (χ3n) is 3.69. The van der Waals surface area contributed by atoms with Gasteiger partial charge in [-0.3, -0.25) is 9.69 Å². The quantitative estimate of drug-likeness (QED) is 0.747. The lowest BCUT2D eigenvalue weighted by Crippen LogP contribution is -2.48. The van der Waals surface area contributed by atoms with Crippen molar-refractivity contribution in [2.24, 2.45) is 0 Å². The molecule has 1 atom stereocenters. The summed E-state index contributed by atoms with van der Waals surface area (Å²) in [7, 11) is -3.55. The Morgan fingerprint density at radius 1 is 1.28 bits per heavy atom. The Bertz CT molecular complexity index is 776. The molecule has 1 fully saturated rings. The van der Waals surface area contributed by atoms with Gasteiger partial charge < -0.3 is 4.74 Å². The van der Waals surface area contributed by atoms with Crippen molar-refractivity contribution in [2.45, 2.75) is 25.6 Å². The number of halogens is 3. The van der Waals surface area contributed by atoms with E-state index >= 15 is 0 Å². The summed E-state index contributed by atoms with van der Waals surface area (Å²) < 4.78 is 67.3. The number of sulfone groups is 1. The van der Waals surface area contributed by atoms with Gasteiger partial charge in [0, 0.05) is 0 Å². The van der Waals surface area contributed by atoms with Crippen molar-refractivity contribution in [3.63, 3.8) is 0 Å². The Balaban J connectivity index is 2.54. The minimum Gasteiger partial charge on any atom is -0.462 e. The Morgan fingerprint density at radius 3 is 2.44 bits per heavy atom. The summed E-state index contributed by atoms with van der Waals surface area (Å²) in [6, 6.07) is 3.97. The zero-order valence-electron chi connectivity index (χ0n) is 13.2. The van der Waals surface area contributed by atoms with Gasteiger partial charge in [0.05, 0.1) is 35.4 Å². The van der Waals surface area contributed by atoms with Gasteiger partial charge in [0.25, 0.3) is 0 Å². The molecule has 10 heteroatoms. The number of ether oxygens (including phenoxy) is 1. The Morgan fingerprint density at radius 2 is 1.92 bits per heavy atom. The van der Waals surface area contributed by atoms with Gasteiger partial charge in [-0.05, 0) is 25.5 Å². The standard InChI is InChI=1S/C15H16F3NO5S/c1-2-24-13(20)11-5-3-4-6-12(11)19(14(21)15(16,17)18)10-7-8-25(22,23)9-10/h3-6,10H,2,7-9H2,1H3. The molecule has 138 valence electrons. The number of carbonyl (C=O) groups excluding carboxylic acids is 2. The maximum atomic E-state index is 13.1. The van der Waals surface area contributed by atoms with E-state index in [1.54, 1.807) is 0 Å². The summed E-state index contributed by atoms with van der Waals surface area (Å²) >= 11 is 0. The van der Waals surface area contributed by atoms with E-state index in [1.165, 1.54) is 31.2 Å². The molecule has 1 saturated heterocycles. The Hall–Kier alpha value is -2.10. The monoisotopic (exact) mass is 379 g/mol. The van der Waals surface area contributed by atoms with Crippen LogP contribution in [0.3, 0.4) is 0 Å². The van der Waals surface area contributed by atoms with E-state index in [0.29, 0.717) is 4.90 Å². The second-order valence-electron chi connectivity index (χ2n) is 5.47.